The van der Waals surface area contributed by atoms with Crippen molar-refractivity contribution in [1.29, 1.82) is 0 Å². The van der Waals surface area contributed by atoms with E-state index in [0.717, 1.165) is 18.4 Å². The van der Waals surface area contributed by atoms with Crippen molar-refractivity contribution in [2.45, 2.75) is 26.2 Å². The van der Waals surface area contributed by atoms with Gasteiger partial charge in [-0.3, -0.25) is 4.72 Å². The SMILES string of the molecule is CCCc1ccccc1NS(=O)(=O)N(C)CCCO. The second-order valence-corrected chi connectivity index (χ2v) is 6.19. The summed E-state index contributed by atoms with van der Waals surface area (Å²) in [6.45, 7) is 2.33. The molecular weight excluding hydrogens is 264 g/mol. The molecule has 1 rings (SSSR count). The Balaban J connectivity index is 2.83. The van der Waals surface area contributed by atoms with Gasteiger partial charge in [-0.05, 0) is 24.5 Å². The zero-order valence-corrected chi connectivity index (χ0v) is 12.3. The molecule has 0 aliphatic heterocycles. The molecule has 0 aliphatic rings. The van der Waals surface area contributed by atoms with Gasteiger partial charge in [-0.2, -0.15) is 12.7 Å². The highest BCUT2D eigenvalue weighted by molar-refractivity contribution is 7.90. The summed E-state index contributed by atoms with van der Waals surface area (Å²) < 4.78 is 28.0. The first-order chi connectivity index (χ1) is 9.01. The molecule has 0 atom stereocenters. The van der Waals surface area contributed by atoms with E-state index in [4.69, 9.17) is 5.11 Å². The van der Waals surface area contributed by atoms with Gasteiger partial charge >= 0.3 is 10.2 Å². The summed E-state index contributed by atoms with van der Waals surface area (Å²) in [6, 6.07) is 7.40. The maximum Gasteiger partial charge on any atom is 0.301 e. The van der Waals surface area contributed by atoms with Crippen LogP contribution >= 0.6 is 0 Å². The predicted molar refractivity (Wildman–Crippen MR) is 77.3 cm³/mol. The summed E-state index contributed by atoms with van der Waals surface area (Å²) in [7, 11) is -2.05. The van der Waals surface area contributed by atoms with E-state index in [2.05, 4.69) is 11.6 Å². The highest BCUT2D eigenvalue weighted by Crippen LogP contribution is 2.19. The lowest BCUT2D eigenvalue weighted by Crippen LogP contribution is -2.33. The van der Waals surface area contributed by atoms with E-state index < -0.39 is 10.2 Å². The van der Waals surface area contributed by atoms with Gasteiger partial charge in [0.15, 0.2) is 0 Å². The van der Waals surface area contributed by atoms with Crippen LogP contribution in [0.15, 0.2) is 24.3 Å². The van der Waals surface area contributed by atoms with Crippen molar-refractivity contribution in [3.63, 3.8) is 0 Å². The summed E-state index contributed by atoms with van der Waals surface area (Å²) in [5.74, 6) is 0. The van der Waals surface area contributed by atoms with Gasteiger partial charge in [-0.25, -0.2) is 0 Å². The van der Waals surface area contributed by atoms with Crippen LogP contribution in [0.5, 0.6) is 0 Å². The number of benzene rings is 1. The topological polar surface area (TPSA) is 69.6 Å². The van der Waals surface area contributed by atoms with E-state index in [9.17, 15) is 8.42 Å². The maximum absolute atomic E-state index is 12.1. The van der Waals surface area contributed by atoms with E-state index in [1.54, 1.807) is 6.07 Å². The molecule has 1 aromatic carbocycles. The van der Waals surface area contributed by atoms with Gasteiger partial charge in [0.05, 0.1) is 5.69 Å². The molecule has 6 heteroatoms. The molecule has 5 nitrogen and oxygen atoms in total. The summed E-state index contributed by atoms with van der Waals surface area (Å²) in [4.78, 5) is 0. The molecule has 0 aromatic heterocycles. The molecule has 0 bridgehead atoms. The second kappa shape index (κ2) is 7.47. The number of aryl methyl sites for hydroxylation is 1. The van der Waals surface area contributed by atoms with Crippen LogP contribution in [0.3, 0.4) is 0 Å². The third-order valence-electron chi connectivity index (χ3n) is 2.82. The second-order valence-electron chi connectivity index (χ2n) is 4.41. The summed E-state index contributed by atoms with van der Waals surface area (Å²) in [6.07, 6.45) is 2.21. The highest BCUT2D eigenvalue weighted by Gasteiger charge is 2.18. The molecule has 1 aromatic rings. The smallest absolute Gasteiger partial charge is 0.301 e. The summed E-state index contributed by atoms with van der Waals surface area (Å²) >= 11 is 0. The summed E-state index contributed by atoms with van der Waals surface area (Å²) in [5.41, 5.74) is 1.62. The minimum atomic E-state index is -3.55. The maximum atomic E-state index is 12.1. The minimum absolute atomic E-state index is 0.0215. The monoisotopic (exact) mass is 286 g/mol. The molecule has 0 unspecified atom stereocenters. The third kappa shape index (κ3) is 4.81. The number of anilines is 1. The van der Waals surface area contributed by atoms with Crippen LogP contribution in [0.2, 0.25) is 0 Å². The quantitative estimate of drug-likeness (QED) is 0.763. The number of nitrogens with zero attached hydrogens (tertiary/aromatic N) is 1. The number of hydrogen-bond donors (Lipinski definition) is 2. The van der Waals surface area contributed by atoms with Crippen LogP contribution in [-0.4, -0.2) is 38.0 Å². The van der Waals surface area contributed by atoms with Crippen LogP contribution < -0.4 is 4.72 Å². The number of para-hydroxylation sites is 1. The molecule has 0 heterocycles. The number of aliphatic hydroxyl groups is 1. The normalized spacial score (nSPS) is 11.8. The van der Waals surface area contributed by atoms with Gasteiger partial charge in [0.25, 0.3) is 0 Å². The van der Waals surface area contributed by atoms with E-state index in [1.165, 1.54) is 11.4 Å². The van der Waals surface area contributed by atoms with Crippen LogP contribution in [0.1, 0.15) is 25.3 Å². The first-order valence-corrected chi connectivity index (χ1v) is 7.88. The molecule has 0 spiro atoms. The van der Waals surface area contributed by atoms with Crippen molar-refractivity contribution in [3.8, 4) is 0 Å². The van der Waals surface area contributed by atoms with Crippen LogP contribution in [0.25, 0.3) is 0 Å². The average molecular weight is 286 g/mol. The largest absolute Gasteiger partial charge is 0.396 e. The van der Waals surface area contributed by atoms with Gasteiger partial charge in [0.1, 0.15) is 0 Å². The first-order valence-electron chi connectivity index (χ1n) is 6.44. The van der Waals surface area contributed by atoms with Gasteiger partial charge in [-0.1, -0.05) is 31.5 Å². The Kier molecular flexibility index (Phi) is 6.27. The van der Waals surface area contributed by atoms with Crippen molar-refractivity contribution in [1.82, 2.24) is 4.31 Å². The number of nitrogens with one attached hydrogen (secondary N) is 1. The lowest BCUT2D eigenvalue weighted by atomic mass is 10.1. The Bertz CT molecular complexity index is 488. The molecule has 108 valence electrons. The lowest BCUT2D eigenvalue weighted by molar-refractivity contribution is 0.276. The zero-order valence-electron chi connectivity index (χ0n) is 11.5. The van der Waals surface area contributed by atoms with Crippen molar-refractivity contribution in [2.24, 2.45) is 0 Å². The van der Waals surface area contributed by atoms with E-state index in [-0.39, 0.29) is 6.61 Å². The molecule has 0 saturated heterocycles. The molecule has 0 saturated carbocycles. The minimum Gasteiger partial charge on any atom is -0.396 e. The van der Waals surface area contributed by atoms with Crippen molar-refractivity contribution in [2.75, 3.05) is 24.9 Å². The van der Waals surface area contributed by atoms with Crippen molar-refractivity contribution >= 4 is 15.9 Å². The Morgan fingerprint density at radius 2 is 2.00 bits per heavy atom. The Morgan fingerprint density at radius 1 is 1.32 bits per heavy atom. The summed E-state index contributed by atoms with van der Waals surface area (Å²) in [5, 5.41) is 8.74. The van der Waals surface area contributed by atoms with Crippen molar-refractivity contribution < 1.29 is 13.5 Å². The zero-order chi connectivity index (χ0) is 14.3. The van der Waals surface area contributed by atoms with Crippen molar-refractivity contribution in [3.05, 3.63) is 29.8 Å². The molecule has 0 aliphatic carbocycles. The van der Waals surface area contributed by atoms with Crippen LogP contribution in [0.4, 0.5) is 5.69 Å². The number of hydrogen-bond acceptors (Lipinski definition) is 3. The molecule has 2 N–H and O–H groups in total. The lowest BCUT2D eigenvalue weighted by Gasteiger charge is -2.19. The van der Waals surface area contributed by atoms with Gasteiger partial charge in [0, 0.05) is 20.2 Å². The standard InChI is InChI=1S/C13H22N2O3S/c1-3-7-12-8-4-5-9-13(12)14-19(17,18)15(2)10-6-11-16/h4-5,8-9,14,16H,3,6-7,10-11H2,1-2H3. The molecule has 0 fully saturated rings. The predicted octanol–water partition coefficient (Wildman–Crippen LogP) is 1.61. The molecule has 19 heavy (non-hydrogen) atoms. The van der Waals surface area contributed by atoms with Gasteiger partial charge in [0.2, 0.25) is 0 Å². The van der Waals surface area contributed by atoms with Gasteiger partial charge in [-0.15, -0.1) is 0 Å². The Hall–Kier alpha value is -1.11. The van der Waals surface area contributed by atoms with Crippen LogP contribution in [0, 0.1) is 0 Å². The average Bonchev–Trinajstić information content (AvgIpc) is 2.38. The number of aliphatic hydroxyl groups excluding tert-OH is 1. The fourth-order valence-corrected chi connectivity index (χ4v) is 2.74. The fourth-order valence-electron chi connectivity index (χ4n) is 1.74. The molecule has 0 radical (unpaired) electrons. The van der Waals surface area contributed by atoms with Crippen LogP contribution in [-0.2, 0) is 16.6 Å². The van der Waals surface area contributed by atoms with E-state index in [1.807, 2.05) is 18.2 Å². The van der Waals surface area contributed by atoms with E-state index >= 15 is 0 Å². The Labute approximate surface area is 115 Å². The molecule has 0 amide bonds. The number of rotatable bonds is 8. The highest BCUT2D eigenvalue weighted by atomic mass is 32.2. The molecular formula is C13H22N2O3S. The fraction of sp³-hybridized carbons (Fsp3) is 0.538. The Morgan fingerprint density at radius 3 is 2.63 bits per heavy atom. The van der Waals surface area contributed by atoms with E-state index in [0.29, 0.717) is 18.7 Å². The third-order valence-corrected chi connectivity index (χ3v) is 4.30. The van der Waals surface area contributed by atoms with Gasteiger partial charge < -0.3 is 5.11 Å². The first kappa shape index (κ1) is 15.9.